The fourth-order valence-corrected chi connectivity index (χ4v) is 0.903. The molecule has 0 saturated carbocycles. The lowest BCUT2D eigenvalue weighted by Gasteiger charge is -2.02. The third kappa shape index (κ3) is 8.97. The topological polar surface area (TPSA) is 103 Å². The molecule has 82 valence electrons. The zero-order chi connectivity index (χ0) is 11.2. The van der Waals surface area contributed by atoms with Crippen molar-refractivity contribution in [3.8, 4) is 0 Å². The van der Waals surface area contributed by atoms with Crippen LogP contribution in [0.2, 0.25) is 0 Å². The van der Waals surface area contributed by atoms with Gasteiger partial charge in [0.25, 0.3) is 0 Å². The van der Waals surface area contributed by atoms with Crippen LogP contribution in [0.25, 0.3) is 0 Å². The SMILES string of the molecule is NC(N)=NC(N)=NCCSC(F)(F)F. The van der Waals surface area contributed by atoms with Crippen LogP contribution < -0.4 is 17.2 Å². The number of guanidine groups is 2. The van der Waals surface area contributed by atoms with Crippen LogP contribution in [0.3, 0.4) is 0 Å². The van der Waals surface area contributed by atoms with E-state index in [0.29, 0.717) is 0 Å². The van der Waals surface area contributed by atoms with E-state index in [2.05, 4.69) is 9.98 Å². The Kier molecular flexibility index (Phi) is 5.13. The second-order valence-electron chi connectivity index (χ2n) is 2.07. The predicted molar refractivity (Wildman–Crippen MR) is 50.8 cm³/mol. The van der Waals surface area contributed by atoms with Crippen molar-refractivity contribution in [1.29, 1.82) is 0 Å². The Morgan fingerprint density at radius 3 is 2.21 bits per heavy atom. The molecule has 0 atom stereocenters. The Labute approximate surface area is 82.6 Å². The molecule has 0 rings (SSSR count). The first-order valence-electron chi connectivity index (χ1n) is 3.41. The number of nitrogens with zero attached hydrogens (tertiary/aromatic N) is 2. The molecule has 0 aliphatic carbocycles. The van der Waals surface area contributed by atoms with Gasteiger partial charge in [0.2, 0.25) is 5.96 Å². The summed E-state index contributed by atoms with van der Waals surface area (Å²) in [6.45, 7) is -0.0905. The van der Waals surface area contributed by atoms with Gasteiger partial charge in [-0.25, -0.2) is 0 Å². The molecule has 0 bridgehead atoms. The molecular formula is C5H10F3N5S. The van der Waals surface area contributed by atoms with Gasteiger partial charge in [-0.3, -0.25) is 4.99 Å². The van der Waals surface area contributed by atoms with E-state index in [9.17, 15) is 13.2 Å². The second-order valence-corrected chi connectivity index (χ2v) is 3.23. The van der Waals surface area contributed by atoms with Gasteiger partial charge in [-0.2, -0.15) is 18.2 Å². The van der Waals surface area contributed by atoms with Gasteiger partial charge in [-0.15, -0.1) is 0 Å². The Morgan fingerprint density at radius 1 is 1.21 bits per heavy atom. The first-order chi connectivity index (χ1) is 6.31. The molecule has 0 unspecified atom stereocenters. The lowest BCUT2D eigenvalue weighted by Crippen LogP contribution is -2.26. The number of aliphatic imine (C=N–C) groups is 2. The van der Waals surface area contributed by atoms with E-state index >= 15 is 0 Å². The number of rotatable bonds is 3. The minimum Gasteiger partial charge on any atom is -0.370 e. The Balaban J connectivity index is 3.78. The fraction of sp³-hybridized carbons (Fsp3) is 0.600. The average Bonchev–Trinajstić information content (AvgIpc) is 1.95. The molecule has 0 aliphatic heterocycles. The van der Waals surface area contributed by atoms with Crippen LogP contribution >= 0.6 is 11.8 Å². The largest absolute Gasteiger partial charge is 0.441 e. The zero-order valence-corrected chi connectivity index (χ0v) is 7.90. The Bertz CT molecular complexity index is 232. The molecule has 0 aromatic rings. The van der Waals surface area contributed by atoms with Gasteiger partial charge in [0, 0.05) is 5.75 Å². The maximum Gasteiger partial charge on any atom is 0.441 e. The van der Waals surface area contributed by atoms with Crippen LogP contribution in [0, 0.1) is 0 Å². The van der Waals surface area contributed by atoms with Crippen molar-refractivity contribution < 1.29 is 13.2 Å². The highest BCUT2D eigenvalue weighted by atomic mass is 32.2. The standard InChI is InChI=1S/C5H10F3N5S/c6-5(7,8)14-2-1-12-4(11)13-3(9)10/h1-2H2,(H6,9,10,11,12,13). The molecule has 6 N–H and O–H groups in total. The first kappa shape index (κ1) is 12.9. The third-order valence-corrected chi connectivity index (χ3v) is 1.59. The van der Waals surface area contributed by atoms with Gasteiger partial charge in [0.05, 0.1) is 6.54 Å². The van der Waals surface area contributed by atoms with Crippen molar-refractivity contribution in [1.82, 2.24) is 0 Å². The number of alkyl halides is 3. The normalized spacial score (nSPS) is 12.6. The quantitative estimate of drug-likeness (QED) is 0.355. The second kappa shape index (κ2) is 5.58. The van der Waals surface area contributed by atoms with Crippen LogP contribution in [0.4, 0.5) is 13.2 Å². The van der Waals surface area contributed by atoms with Gasteiger partial charge in [0.15, 0.2) is 5.96 Å². The minimum atomic E-state index is -4.25. The summed E-state index contributed by atoms with van der Waals surface area (Å²) in [6.07, 6.45) is 0. The molecule has 0 radical (unpaired) electrons. The highest BCUT2D eigenvalue weighted by Gasteiger charge is 2.27. The molecule has 0 saturated heterocycles. The molecule has 14 heavy (non-hydrogen) atoms. The molecule has 0 aromatic carbocycles. The average molecular weight is 229 g/mol. The van der Waals surface area contributed by atoms with Crippen molar-refractivity contribution in [2.75, 3.05) is 12.3 Å². The minimum absolute atomic E-state index is 0.0905. The maximum atomic E-state index is 11.6. The van der Waals surface area contributed by atoms with Gasteiger partial charge in [0.1, 0.15) is 0 Å². The molecule has 0 aromatic heterocycles. The van der Waals surface area contributed by atoms with Crippen LogP contribution in [0.1, 0.15) is 0 Å². The lowest BCUT2D eigenvalue weighted by atomic mass is 10.8. The monoisotopic (exact) mass is 229 g/mol. The van der Waals surface area contributed by atoms with Crippen molar-refractivity contribution in [2.24, 2.45) is 27.2 Å². The molecule has 0 aliphatic rings. The van der Waals surface area contributed by atoms with E-state index in [1.807, 2.05) is 0 Å². The van der Waals surface area contributed by atoms with Gasteiger partial charge < -0.3 is 17.2 Å². The first-order valence-corrected chi connectivity index (χ1v) is 4.40. The van der Waals surface area contributed by atoms with E-state index in [4.69, 9.17) is 17.2 Å². The number of nitrogens with two attached hydrogens (primary N) is 3. The number of hydrogen-bond donors (Lipinski definition) is 3. The summed E-state index contributed by atoms with van der Waals surface area (Å²) < 4.78 is 34.8. The maximum absolute atomic E-state index is 11.6. The highest BCUT2D eigenvalue weighted by molar-refractivity contribution is 8.00. The molecular weight excluding hydrogens is 219 g/mol. The number of thioether (sulfide) groups is 1. The third-order valence-electron chi connectivity index (χ3n) is 0.874. The van der Waals surface area contributed by atoms with Crippen molar-refractivity contribution in [2.45, 2.75) is 5.51 Å². The lowest BCUT2D eigenvalue weighted by molar-refractivity contribution is -0.0327. The zero-order valence-electron chi connectivity index (χ0n) is 7.08. The van der Waals surface area contributed by atoms with E-state index < -0.39 is 5.51 Å². The summed E-state index contributed by atoms with van der Waals surface area (Å²) in [5.74, 6) is -0.730. The van der Waals surface area contributed by atoms with Crippen LogP contribution in [0.15, 0.2) is 9.98 Å². The summed E-state index contributed by atoms with van der Waals surface area (Å²) >= 11 is -0.179. The van der Waals surface area contributed by atoms with Crippen LogP contribution in [-0.2, 0) is 0 Å². The van der Waals surface area contributed by atoms with E-state index in [-0.39, 0.29) is 36.0 Å². The Morgan fingerprint density at radius 2 is 1.79 bits per heavy atom. The Hall–Kier alpha value is -1.12. The molecule has 9 heteroatoms. The van der Waals surface area contributed by atoms with E-state index in [1.54, 1.807) is 0 Å². The highest BCUT2D eigenvalue weighted by Crippen LogP contribution is 2.29. The molecule has 0 heterocycles. The predicted octanol–water partition coefficient (Wildman–Crippen LogP) is -0.172. The van der Waals surface area contributed by atoms with Gasteiger partial charge in [-0.05, 0) is 11.8 Å². The summed E-state index contributed by atoms with van der Waals surface area (Å²) in [5.41, 5.74) is 10.8. The van der Waals surface area contributed by atoms with Crippen LogP contribution in [-0.4, -0.2) is 29.7 Å². The number of hydrogen-bond acceptors (Lipinski definition) is 2. The molecule has 0 amide bonds. The molecule has 0 fully saturated rings. The smallest absolute Gasteiger partial charge is 0.370 e. The molecule has 5 nitrogen and oxygen atoms in total. The van der Waals surface area contributed by atoms with Crippen molar-refractivity contribution in [3.63, 3.8) is 0 Å². The van der Waals surface area contributed by atoms with Crippen molar-refractivity contribution >= 4 is 23.7 Å². The van der Waals surface area contributed by atoms with Gasteiger partial charge >= 0.3 is 5.51 Å². The summed E-state index contributed by atoms with van der Waals surface area (Å²) in [7, 11) is 0. The van der Waals surface area contributed by atoms with Crippen molar-refractivity contribution in [3.05, 3.63) is 0 Å². The summed E-state index contributed by atoms with van der Waals surface area (Å²) in [5, 5.41) is 0. The summed E-state index contributed by atoms with van der Waals surface area (Å²) in [6, 6.07) is 0. The van der Waals surface area contributed by atoms with Gasteiger partial charge in [-0.1, -0.05) is 0 Å². The van der Waals surface area contributed by atoms with E-state index in [0.717, 1.165) is 0 Å². The molecule has 0 spiro atoms. The van der Waals surface area contributed by atoms with Crippen LogP contribution in [0.5, 0.6) is 0 Å². The fourth-order valence-electron chi connectivity index (χ4n) is 0.489. The van der Waals surface area contributed by atoms with E-state index in [1.165, 1.54) is 0 Å². The number of halogens is 3. The summed E-state index contributed by atoms with van der Waals surface area (Å²) in [4.78, 5) is 6.81.